The first-order chi connectivity index (χ1) is 14.0. The number of benzene rings is 2. The van der Waals surface area contributed by atoms with E-state index in [1.165, 1.54) is 23.9 Å². The molecular weight excluding hydrogens is 388 g/mol. The average molecular weight is 408 g/mol. The highest BCUT2D eigenvalue weighted by Gasteiger charge is 2.14. The van der Waals surface area contributed by atoms with Crippen molar-refractivity contribution >= 4 is 22.7 Å². The molecule has 2 aromatic heterocycles. The van der Waals surface area contributed by atoms with Crippen molar-refractivity contribution in [1.82, 2.24) is 20.2 Å². The fraction of sp³-hybridized carbons (Fsp3) is 0.238. The third-order valence-corrected chi connectivity index (χ3v) is 5.77. The largest absolute Gasteiger partial charge is 0.508 e. The van der Waals surface area contributed by atoms with Gasteiger partial charge < -0.3 is 9.52 Å². The van der Waals surface area contributed by atoms with Gasteiger partial charge in [0.05, 0.1) is 5.69 Å². The Kier molecular flexibility index (Phi) is 5.10. The second-order valence-corrected chi connectivity index (χ2v) is 7.82. The molecule has 0 fully saturated rings. The van der Waals surface area contributed by atoms with Gasteiger partial charge in [0.15, 0.2) is 0 Å². The maximum absolute atomic E-state index is 12.0. The fourth-order valence-electron chi connectivity index (χ4n) is 3.22. The van der Waals surface area contributed by atoms with Crippen LogP contribution in [0.5, 0.6) is 5.75 Å². The summed E-state index contributed by atoms with van der Waals surface area (Å²) in [7, 11) is 0. The molecule has 4 aromatic rings. The van der Waals surface area contributed by atoms with Crippen LogP contribution in [-0.4, -0.2) is 25.3 Å². The first kappa shape index (κ1) is 19.2. The van der Waals surface area contributed by atoms with E-state index in [-0.39, 0.29) is 5.75 Å². The van der Waals surface area contributed by atoms with Crippen LogP contribution in [0.15, 0.2) is 50.8 Å². The van der Waals surface area contributed by atoms with Gasteiger partial charge in [-0.15, -0.1) is 5.10 Å². The summed E-state index contributed by atoms with van der Waals surface area (Å²) < 4.78 is 6.98. The number of aromatic hydroxyl groups is 1. The van der Waals surface area contributed by atoms with Crippen molar-refractivity contribution in [2.75, 3.05) is 0 Å². The Labute approximate surface area is 171 Å². The van der Waals surface area contributed by atoms with Crippen molar-refractivity contribution in [3.63, 3.8) is 0 Å². The number of fused-ring (bicyclic) bond motifs is 1. The quantitative estimate of drug-likeness (QED) is 0.395. The lowest BCUT2D eigenvalue weighted by Gasteiger charge is -2.10. The number of aromatic nitrogens is 4. The van der Waals surface area contributed by atoms with Gasteiger partial charge in [0.2, 0.25) is 5.16 Å². The van der Waals surface area contributed by atoms with Crippen LogP contribution in [0.3, 0.4) is 0 Å². The number of hydrogen-bond acceptors (Lipinski definition) is 7. The average Bonchev–Trinajstić information content (AvgIpc) is 3.15. The Hall–Kier alpha value is -3.13. The number of tetrazole rings is 1. The summed E-state index contributed by atoms with van der Waals surface area (Å²) in [5.41, 5.74) is 4.65. The SMILES string of the molecule is CCc1cc2c(CSc3nnnn3-c3cc(C)ccc3C)cc(=O)oc2cc1O. The van der Waals surface area contributed by atoms with Crippen LogP contribution in [0.4, 0.5) is 0 Å². The molecule has 2 heterocycles. The molecule has 0 spiro atoms. The van der Waals surface area contributed by atoms with Crippen LogP contribution in [0.1, 0.15) is 29.2 Å². The second-order valence-electron chi connectivity index (χ2n) is 6.87. The van der Waals surface area contributed by atoms with Gasteiger partial charge in [0, 0.05) is 23.3 Å². The molecule has 0 radical (unpaired) electrons. The fourth-order valence-corrected chi connectivity index (χ4v) is 4.09. The van der Waals surface area contributed by atoms with Gasteiger partial charge in [-0.25, -0.2) is 4.79 Å². The third-order valence-electron chi connectivity index (χ3n) is 4.80. The number of hydrogen-bond donors (Lipinski definition) is 1. The standard InChI is InChI=1S/C21H20N4O3S/c1-4-14-8-16-15(9-20(27)28-19(16)10-18(14)26)11-29-21-22-23-24-25(21)17-7-12(2)5-6-13(17)3/h5-10,26H,4,11H2,1-3H3. The second kappa shape index (κ2) is 7.71. The minimum atomic E-state index is -0.453. The molecule has 0 aliphatic heterocycles. The zero-order chi connectivity index (χ0) is 20.5. The minimum Gasteiger partial charge on any atom is -0.508 e. The van der Waals surface area contributed by atoms with E-state index in [1.807, 2.05) is 45.0 Å². The zero-order valence-electron chi connectivity index (χ0n) is 16.3. The summed E-state index contributed by atoms with van der Waals surface area (Å²) in [6, 6.07) is 11.0. The molecule has 8 heteroatoms. The van der Waals surface area contributed by atoms with Crippen LogP contribution >= 0.6 is 11.8 Å². The maximum atomic E-state index is 12.0. The smallest absolute Gasteiger partial charge is 0.336 e. The van der Waals surface area contributed by atoms with E-state index in [1.54, 1.807) is 4.68 Å². The van der Waals surface area contributed by atoms with Crippen molar-refractivity contribution < 1.29 is 9.52 Å². The van der Waals surface area contributed by atoms with Crippen LogP contribution < -0.4 is 5.63 Å². The predicted octanol–water partition coefficient (Wildman–Crippen LogP) is 3.95. The lowest BCUT2D eigenvalue weighted by atomic mass is 10.1. The summed E-state index contributed by atoms with van der Waals surface area (Å²) >= 11 is 1.44. The van der Waals surface area contributed by atoms with Crippen LogP contribution in [0.2, 0.25) is 0 Å². The molecule has 0 atom stereocenters. The summed E-state index contributed by atoms with van der Waals surface area (Å²) in [5.74, 6) is 0.619. The molecule has 0 aliphatic rings. The van der Waals surface area contributed by atoms with Crippen molar-refractivity contribution in [2.24, 2.45) is 0 Å². The molecule has 2 aromatic carbocycles. The minimum absolute atomic E-state index is 0.131. The van der Waals surface area contributed by atoms with Gasteiger partial charge in [-0.1, -0.05) is 30.8 Å². The van der Waals surface area contributed by atoms with Crippen molar-refractivity contribution in [1.29, 1.82) is 0 Å². The van der Waals surface area contributed by atoms with Gasteiger partial charge in [-0.2, -0.15) is 4.68 Å². The van der Waals surface area contributed by atoms with Gasteiger partial charge in [0.25, 0.3) is 0 Å². The summed E-state index contributed by atoms with van der Waals surface area (Å²) in [4.78, 5) is 12.0. The van der Waals surface area contributed by atoms with Gasteiger partial charge in [-0.3, -0.25) is 0 Å². The lowest BCUT2D eigenvalue weighted by molar-refractivity contribution is 0.466. The topological polar surface area (TPSA) is 94.0 Å². The summed E-state index contributed by atoms with van der Waals surface area (Å²) in [6.07, 6.45) is 0.679. The monoisotopic (exact) mass is 408 g/mol. The van der Waals surface area contributed by atoms with E-state index in [0.29, 0.717) is 22.9 Å². The van der Waals surface area contributed by atoms with Crippen LogP contribution in [0.25, 0.3) is 16.7 Å². The molecule has 0 saturated heterocycles. The first-order valence-electron chi connectivity index (χ1n) is 9.23. The van der Waals surface area contributed by atoms with E-state index in [9.17, 15) is 9.90 Å². The van der Waals surface area contributed by atoms with E-state index in [0.717, 1.165) is 33.3 Å². The van der Waals surface area contributed by atoms with Gasteiger partial charge in [0.1, 0.15) is 11.3 Å². The summed E-state index contributed by atoms with van der Waals surface area (Å²) in [5, 5.41) is 23.6. The Morgan fingerprint density at radius 3 is 2.76 bits per heavy atom. The lowest BCUT2D eigenvalue weighted by Crippen LogP contribution is -2.03. The normalized spacial score (nSPS) is 11.3. The molecule has 0 bridgehead atoms. The molecule has 1 N–H and O–H groups in total. The molecule has 29 heavy (non-hydrogen) atoms. The Morgan fingerprint density at radius 2 is 1.97 bits per heavy atom. The number of thioether (sulfide) groups is 1. The predicted molar refractivity (Wildman–Crippen MR) is 112 cm³/mol. The Bertz CT molecular complexity index is 1260. The first-order valence-corrected chi connectivity index (χ1v) is 10.2. The molecule has 0 unspecified atom stereocenters. The van der Waals surface area contributed by atoms with E-state index in [4.69, 9.17) is 4.42 Å². The van der Waals surface area contributed by atoms with Gasteiger partial charge >= 0.3 is 5.63 Å². The number of phenolic OH excluding ortho intramolecular Hbond substituents is 1. The van der Waals surface area contributed by atoms with Crippen LogP contribution in [-0.2, 0) is 12.2 Å². The third kappa shape index (κ3) is 3.75. The highest BCUT2D eigenvalue weighted by atomic mass is 32.2. The molecule has 0 amide bonds. The molecule has 0 aliphatic carbocycles. The maximum Gasteiger partial charge on any atom is 0.336 e. The number of aryl methyl sites for hydroxylation is 3. The molecule has 148 valence electrons. The van der Waals surface area contributed by atoms with Crippen molar-refractivity contribution in [2.45, 2.75) is 38.1 Å². The number of phenols is 1. The van der Waals surface area contributed by atoms with Crippen LogP contribution in [0, 0.1) is 13.8 Å². The highest BCUT2D eigenvalue weighted by Crippen LogP contribution is 2.30. The van der Waals surface area contributed by atoms with E-state index < -0.39 is 5.63 Å². The zero-order valence-corrected chi connectivity index (χ0v) is 17.2. The Morgan fingerprint density at radius 1 is 1.14 bits per heavy atom. The molecule has 7 nitrogen and oxygen atoms in total. The highest BCUT2D eigenvalue weighted by molar-refractivity contribution is 7.98. The van der Waals surface area contributed by atoms with Crippen molar-refractivity contribution in [3.05, 3.63) is 69.1 Å². The molecular formula is C21H20N4O3S. The molecule has 0 saturated carbocycles. The number of nitrogens with zero attached hydrogens (tertiary/aromatic N) is 4. The number of rotatable bonds is 5. The summed E-state index contributed by atoms with van der Waals surface area (Å²) in [6.45, 7) is 6.00. The van der Waals surface area contributed by atoms with E-state index in [2.05, 4.69) is 15.5 Å². The van der Waals surface area contributed by atoms with Gasteiger partial charge in [-0.05, 0) is 65.1 Å². The Balaban J connectivity index is 1.71. The molecule has 4 rings (SSSR count). The van der Waals surface area contributed by atoms with Crippen molar-refractivity contribution in [3.8, 4) is 11.4 Å². The van der Waals surface area contributed by atoms with E-state index >= 15 is 0 Å².